The molecule has 20 heavy (non-hydrogen) atoms. The van der Waals surface area contributed by atoms with Gasteiger partial charge in [0.05, 0.1) is 5.92 Å². The number of aliphatic carboxylic acids is 1. The van der Waals surface area contributed by atoms with E-state index in [-0.39, 0.29) is 25.3 Å². The van der Waals surface area contributed by atoms with E-state index in [1.165, 1.54) is 6.92 Å². The molecule has 0 spiro atoms. The normalized spacial score (nSPS) is 11.6. The molecule has 0 unspecified atom stereocenters. The van der Waals surface area contributed by atoms with Gasteiger partial charge in [-0.3, -0.25) is 9.59 Å². The van der Waals surface area contributed by atoms with Gasteiger partial charge in [-0.05, 0) is 17.7 Å². The van der Waals surface area contributed by atoms with Crippen LogP contribution in [-0.2, 0) is 20.9 Å². The maximum atomic E-state index is 10.6. The third kappa shape index (κ3) is 5.17. The predicted molar refractivity (Wildman–Crippen MR) is 70.5 cm³/mol. The Balaban J connectivity index is 0.000000286. The summed E-state index contributed by atoms with van der Waals surface area (Å²) in [6, 6.07) is 5.46. The van der Waals surface area contributed by atoms with E-state index in [1.807, 2.05) is 12.1 Å². The fourth-order valence-electron chi connectivity index (χ4n) is 1.22. The van der Waals surface area contributed by atoms with Crippen LogP contribution in [0, 0.1) is 5.92 Å². The van der Waals surface area contributed by atoms with Gasteiger partial charge in [0.25, 0.3) is 0 Å². The highest BCUT2D eigenvalue weighted by Crippen LogP contribution is 2.32. The molecule has 1 aromatic carbocycles. The molecule has 1 aliphatic heterocycles. The van der Waals surface area contributed by atoms with E-state index in [1.54, 1.807) is 19.9 Å². The number of carbonyl (C=O) groups excluding carboxylic acids is 1. The number of fused-ring (bicyclic) bond motifs is 1. The SMILES string of the molecule is CC(=O)OCc1ccc2c(c1)OCO2.CC(C)C(=O)O. The van der Waals surface area contributed by atoms with Crippen LogP contribution in [0.25, 0.3) is 0 Å². The largest absolute Gasteiger partial charge is 0.481 e. The Hall–Kier alpha value is -2.24. The van der Waals surface area contributed by atoms with Crippen LogP contribution in [0.2, 0.25) is 0 Å². The average Bonchev–Trinajstić information content (AvgIpc) is 2.84. The molecule has 0 aromatic heterocycles. The topological polar surface area (TPSA) is 82.1 Å². The zero-order chi connectivity index (χ0) is 15.1. The van der Waals surface area contributed by atoms with Gasteiger partial charge in [-0.15, -0.1) is 0 Å². The monoisotopic (exact) mass is 282 g/mol. The molecule has 110 valence electrons. The molecule has 6 nitrogen and oxygen atoms in total. The molecule has 0 bridgehead atoms. The minimum absolute atomic E-state index is 0.231. The van der Waals surface area contributed by atoms with E-state index in [2.05, 4.69) is 0 Å². The number of carboxylic acids is 1. The summed E-state index contributed by atoms with van der Waals surface area (Å²) < 4.78 is 15.2. The molecule has 1 heterocycles. The molecule has 0 saturated carbocycles. The van der Waals surface area contributed by atoms with Gasteiger partial charge in [-0.1, -0.05) is 19.9 Å². The average molecular weight is 282 g/mol. The summed E-state index contributed by atoms with van der Waals surface area (Å²) in [5, 5.41) is 7.99. The van der Waals surface area contributed by atoms with Crippen LogP contribution in [0.1, 0.15) is 26.3 Å². The van der Waals surface area contributed by atoms with Crippen LogP contribution < -0.4 is 9.47 Å². The minimum Gasteiger partial charge on any atom is -0.481 e. The molecule has 6 heteroatoms. The van der Waals surface area contributed by atoms with Crippen molar-refractivity contribution >= 4 is 11.9 Å². The van der Waals surface area contributed by atoms with Gasteiger partial charge in [0.2, 0.25) is 6.79 Å². The molecule has 1 N–H and O–H groups in total. The second kappa shape index (κ2) is 7.37. The van der Waals surface area contributed by atoms with Gasteiger partial charge >= 0.3 is 11.9 Å². The first-order valence-electron chi connectivity index (χ1n) is 6.15. The van der Waals surface area contributed by atoms with Gasteiger partial charge in [0.1, 0.15) is 6.61 Å². The van der Waals surface area contributed by atoms with E-state index in [9.17, 15) is 9.59 Å². The van der Waals surface area contributed by atoms with E-state index in [0.29, 0.717) is 5.75 Å². The van der Waals surface area contributed by atoms with Gasteiger partial charge < -0.3 is 19.3 Å². The Morgan fingerprint density at radius 3 is 2.45 bits per heavy atom. The maximum Gasteiger partial charge on any atom is 0.305 e. The van der Waals surface area contributed by atoms with Crippen molar-refractivity contribution in [2.75, 3.05) is 6.79 Å². The highest BCUT2D eigenvalue weighted by Gasteiger charge is 2.13. The summed E-state index contributed by atoms with van der Waals surface area (Å²) in [6.07, 6.45) is 0. The highest BCUT2D eigenvalue weighted by atomic mass is 16.7. The van der Waals surface area contributed by atoms with E-state index in [4.69, 9.17) is 19.3 Å². The van der Waals surface area contributed by atoms with Crippen molar-refractivity contribution in [1.82, 2.24) is 0 Å². The van der Waals surface area contributed by atoms with E-state index < -0.39 is 5.97 Å². The fourth-order valence-corrected chi connectivity index (χ4v) is 1.22. The summed E-state index contributed by atoms with van der Waals surface area (Å²) >= 11 is 0. The van der Waals surface area contributed by atoms with Crippen molar-refractivity contribution in [3.05, 3.63) is 23.8 Å². The van der Waals surface area contributed by atoms with Crippen LogP contribution in [-0.4, -0.2) is 23.8 Å². The van der Waals surface area contributed by atoms with Crippen molar-refractivity contribution in [3.8, 4) is 11.5 Å². The second-order valence-electron chi connectivity index (χ2n) is 4.46. The minimum atomic E-state index is -0.741. The fraction of sp³-hybridized carbons (Fsp3) is 0.429. The van der Waals surface area contributed by atoms with Crippen LogP contribution in [0.4, 0.5) is 0 Å². The van der Waals surface area contributed by atoms with E-state index in [0.717, 1.165) is 11.3 Å². The molecule has 1 aliphatic rings. The number of rotatable bonds is 3. The number of carboxylic acid groups (broad SMARTS) is 1. The van der Waals surface area contributed by atoms with Gasteiger partial charge in [-0.25, -0.2) is 0 Å². The van der Waals surface area contributed by atoms with Crippen molar-refractivity contribution in [3.63, 3.8) is 0 Å². The van der Waals surface area contributed by atoms with Crippen LogP contribution in [0.15, 0.2) is 18.2 Å². The third-order valence-corrected chi connectivity index (χ3v) is 2.37. The first-order valence-corrected chi connectivity index (χ1v) is 6.15. The lowest BCUT2D eigenvalue weighted by Crippen LogP contribution is -2.03. The van der Waals surface area contributed by atoms with E-state index >= 15 is 0 Å². The molecule has 1 aromatic rings. The molecule has 0 atom stereocenters. The number of esters is 1. The first-order chi connectivity index (χ1) is 9.40. The lowest BCUT2D eigenvalue weighted by molar-refractivity contribution is -0.142. The number of ether oxygens (including phenoxy) is 3. The molecule has 0 aliphatic carbocycles. The maximum absolute atomic E-state index is 10.6. The first kappa shape index (κ1) is 15.8. The van der Waals surface area contributed by atoms with Crippen LogP contribution >= 0.6 is 0 Å². The van der Waals surface area contributed by atoms with Gasteiger partial charge in [-0.2, -0.15) is 0 Å². The summed E-state index contributed by atoms with van der Waals surface area (Å²) in [5.74, 6) is 0.175. The zero-order valence-electron chi connectivity index (χ0n) is 11.7. The Kier molecular flexibility index (Phi) is 5.83. The lowest BCUT2D eigenvalue weighted by atomic mass is 10.2. The van der Waals surface area contributed by atoms with Gasteiger partial charge in [0.15, 0.2) is 11.5 Å². The Labute approximate surface area is 117 Å². The summed E-state index contributed by atoms with van der Waals surface area (Å²) in [4.78, 5) is 20.3. The lowest BCUT2D eigenvalue weighted by Gasteiger charge is -2.02. The molecular weight excluding hydrogens is 264 g/mol. The summed E-state index contributed by atoms with van der Waals surface area (Å²) in [6.45, 7) is 5.19. The third-order valence-electron chi connectivity index (χ3n) is 2.37. The molecule has 0 saturated heterocycles. The summed E-state index contributed by atoms with van der Waals surface area (Å²) in [7, 11) is 0. The molecular formula is C14H18O6. The number of hydrogen-bond acceptors (Lipinski definition) is 5. The Bertz CT molecular complexity index is 481. The Morgan fingerprint density at radius 2 is 1.90 bits per heavy atom. The molecule has 0 radical (unpaired) electrons. The number of hydrogen-bond donors (Lipinski definition) is 1. The predicted octanol–water partition coefficient (Wildman–Crippen LogP) is 2.21. The van der Waals surface area contributed by atoms with Crippen LogP contribution in [0.3, 0.4) is 0 Å². The molecule has 2 rings (SSSR count). The van der Waals surface area contributed by atoms with Crippen molar-refractivity contribution < 1.29 is 28.9 Å². The number of benzene rings is 1. The van der Waals surface area contributed by atoms with Gasteiger partial charge in [0, 0.05) is 6.92 Å². The molecule has 0 amide bonds. The quantitative estimate of drug-likeness (QED) is 0.856. The smallest absolute Gasteiger partial charge is 0.305 e. The van der Waals surface area contributed by atoms with Crippen molar-refractivity contribution in [2.45, 2.75) is 27.4 Å². The van der Waals surface area contributed by atoms with Crippen LogP contribution in [0.5, 0.6) is 11.5 Å². The summed E-state index contributed by atoms with van der Waals surface area (Å²) in [5.41, 5.74) is 0.893. The molecule has 0 fully saturated rings. The van der Waals surface area contributed by atoms with Crippen molar-refractivity contribution in [2.24, 2.45) is 5.92 Å². The van der Waals surface area contributed by atoms with Crippen molar-refractivity contribution in [1.29, 1.82) is 0 Å². The number of carbonyl (C=O) groups is 2. The zero-order valence-corrected chi connectivity index (χ0v) is 11.7. The Morgan fingerprint density at radius 1 is 1.30 bits per heavy atom. The highest BCUT2D eigenvalue weighted by molar-refractivity contribution is 5.68. The second-order valence-corrected chi connectivity index (χ2v) is 4.46. The standard InChI is InChI=1S/C10H10O4.C4H8O2/c1-7(11)12-5-8-2-3-9-10(4-8)14-6-13-9;1-3(2)4(5)6/h2-4H,5-6H2,1H3;3H,1-2H3,(H,5,6).